The lowest BCUT2D eigenvalue weighted by Gasteiger charge is -2.23. The number of nitrogens with zero attached hydrogens (tertiary/aromatic N) is 1. The van der Waals surface area contributed by atoms with Gasteiger partial charge in [0.1, 0.15) is 0 Å². The minimum atomic E-state index is -0.583. The number of thiophene rings is 1. The molecule has 0 aliphatic carbocycles. The van der Waals surface area contributed by atoms with Crippen LogP contribution in [0.4, 0.5) is 4.79 Å². The molecule has 0 saturated carbocycles. The van der Waals surface area contributed by atoms with E-state index in [4.69, 9.17) is 4.74 Å². The lowest BCUT2D eigenvalue weighted by molar-refractivity contribution is -0.150. The third-order valence-corrected chi connectivity index (χ3v) is 5.13. The molecule has 2 unspecified atom stereocenters. The zero-order valence-electron chi connectivity index (χ0n) is 13.6. The van der Waals surface area contributed by atoms with Gasteiger partial charge in [-0.1, -0.05) is 0 Å². The van der Waals surface area contributed by atoms with E-state index in [2.05, 4.69) is 24.4 Å². The predicted octanol–water partition coefficient (Wildman–Crippen LogP) is 2.58. The summed E-state index contributed by atoms with van der Waals surface area (Å²) in [6, 6.07) is 4.16. The minimum absolute atomic E-state index is 0.0653. The number of ether oxygens (including phenoxy) is 1. The molecule has 5 nitrogen and oxygen atoms in total. The number of rotatable bonds is 4. The van der Waals surface area contributed by atoms with Gasteiger partial charge in [-0.2, -0.15) is 0 Å². The Bertz CT molecular complexity index is 557. The standard InChI is InChI=1S/C16H24N2O3S/c1-11(9-13-6-5-12(2)22-13)17-15(20)18-8-7-16(3,10-18)14(19)21-4/h5-6,11H,7-10H2,1-4H3,(H,17,20). The number of hydrogen-bond acceptors (Lipinski definition) is 4. The molecule has 2 amide bonds. The summed E-state index contributed by atoms with van der Waals surface area (Å²) in [5.41, 5.74) is -0.583. The molecule has 22 heavy (non-hydrogen) atoms. The Labute approximate surface area is 135 Å². The van der Waals surface area contributed by atoms with Crippen LogP contribution in [0.3, 0.4) is 0 Å². The van der Waals surface area contributed by atoms with Crippen molar-refractivity contribution in [3.8, 4) is 0 Å². The first kappa shape index (κ1) is 16.8. The minimum Gasteiger partial charge on any atom is -0.469 e. The number of hydrogen-bond donors (Lipinski definition) is 1. The van der Waals surface area contributed by atoms with E-state index in [1.54, 1.807) is 16.2 Å². The molecular formula is C16H24N2O3S. The SMILES string of the molecule is COC(=O)C1(C)CCN(C(=O)NC(C)Cc2ccc(C)s2)C1. The molecule has 1 saturated heterocycles. The van der Waals surface area contributed by atoms with Gasteiger partial charge in [0, 0.05) is 35.3 Å². The van der Waals surface area contributed by atoms with E-state index in [1.807, 2.05) is 13.8 Å². The topological polar surface area (TPSA) is 58.6 Å². The average Bonchev–Trinajstić information content (AvgIpc) is 3.05. The Morgan fingerprint density at radius 2 is 2.23 bits per heavy atom. The number of aryl methyl sites for hydroxylation is 1. The fraction of sp³-hybridized carbons (Fsp3) is 0.625. The summed E-state index contributed by atoms with van der Waals surface area (Å²) in [5.74, 6) is -0.245. The number of carbonyl (C=O) groups excluding carboxylic acids is 2. The maximum atomic E-state index is 12.3. The van der Waals surface area contributed by atoms with E-state index < -0.39 is 5.41 Å². The van der Waals surface area contributed by atoms with Gasteiger partial charge in [-0.25, -0.2) is 4.79 Å². The van der Waals surface area contributed by atoms with Crippen LogP contribution in [-0.2, 0) is 16.0 Å². The highest BCUT2D eigenvalue weighted by Gasteiger charge is 2.43. The van der Waals surface area contributed by atoms with Gasteiger partial charge in [-0.15, -0.1) is 11.3 Å². The summed E-state index contributed by atoms with van der Waals surface area (Å²) in [7, 11) is 1.39. The zero-order valence-corrected chi connectivity index (χ0v) is 14.5. The summed E-state index contributed by atoms with van der Waals surface area (Å²) in [6.45, 7) is 6.93. The Morgan fingerprint density at radius 3 is 2.82 bits per heavy atom. The highest BCUT2D eigenvalue weighted by molar-refractivity contribution is 7.11. The van der Waals surface area contributed by atoms with E-state index in [-0.39, 0.29) is 18.0 Å². The lowest BCUT2D eigenvalue weighted by Crippen LogP contribution is -2.45. The first-order valence-corrected chi connectivity index (χ1v) is 8.35. The van der Waals surface area contributed by atoms with E-state index in [0.29, 0.717) is 19.5 Å². The molecule has 2 heterocycles. The normalized spacial score (nSPS) is 22.5. The third-order valence-electron chi connectivity index (χ3n) is 4.11. The van der Waals surface area contributed by atoms with Crippen molar-refractivity contribution in [3.05, 3.63) is 21.9 Å². The van der Waals surface area contributed by atoms with Gasteiger partial charge < -0.3 is 15.0 Å². The van der Waals surface area contributed by atoms with Crippen molar-refractivity contribution in [2.45, 2.75) is 39.7 Å². The van der Waals surface area contributed by atoms with E-state index in [9.17, 15) is 9.59 Å². The van der Waals surface area contributed by atoms with Gasteiger partial charge in [-0.3, -0.25) is 4.79 Å². The van der Waals surface area contributed by atoms with Crippen molar-refractivity contribution >= 4 is 23.3 Å². The number of esters is 1. The van der Waals surface area contributed by atoms with Crippen LogP contribution in [0.15, 0.2) is 12.1 Å². The highest BCUT2D eigenvalue weighted by atomic mass is 32.1. The third kappa shape index (κ3) is 3.80. The second-order valence-corrected chi connectivity index (χ2v) is 7.66. The fourth-order valence-electron chi connectivity index (χ4n) is 2.80. The molecule has 0 spiro atoms. The average molecular weight is 324 g/mol. The molecular weight excluding hydrogens is 300 g/mol. The van der Waals surface area contributed by atoms with Gasteiger partial charge in [0.2, 0.25) is 0 Å². The predicted molar refractivity (Wildman–Crippen MR) is 87.1 cm³/mol. The van der Waals surface area contributed by atoms with Crippen molar-refractivity contribution in [1.82, 2.24) is 10.2 Å². The Balaban J connectivity index is 1.86. The molecule has 1 N–H and O–H groups in total. The van der Waals surface area contributed by atoms with Crippen LogP contribution in [0.5, 0.6) is 0 Å². The first-order chi connectivity index (χ1) is 10.3. The molecule has 1 fully saturated rings. The van der Waals surface area contributed by atoms with E-state index in [1.165, 1.54) is 16.9 Å². The molecule has 0 bridgehead atoms. The van der Waals surface area contributed by atoms with Crippen LogP contribution >= 0.6 is 11.3 Å². The zero-order chi connectivity index (χ0) is 16.3. The number of amides is 2. The van der Waals surface area contributed by atoms with E-state index >= 15 is 0 Å². The number of carbonyl (C=O) groups is 2. The van der Waals surface area contributed by atoms with Crippen LogP contribution in [0.25, 0.3) is 0 Å². The summed E-state index contributed by atoms with van der Waals surface area (Å²) in [6.07, 6.45) is 1.47. The maximum absolute atomic E-state index is 12.3. The molecule has 1 aromatic heterocycles. The number of urea groups is 1. The molecule has 2 atom stereocenters. The van der Waals surface area contributed by atoms with Crippen LogP contribution in [0, 0.1) is 12.3 Å². The number of methoxy groups -OCH3 is 1. The van der Waals surface area contributed by atoms with Gasteiger partial charge in [-0.05, 0) is 39.3 Å². The highest BCUT2D eigenvalue weighted by Crippen LogP contribution is 2.31. The summed E-state index contributed by atoms with van der Waals surface area (Å²) in [5, 5.41) is 3.02. The van der Waals surface area contributed by atoms with Crippen LogP contribution < -0.4 is 5.32 Å². The second-order valence-electron chi connectivity index (χ2n) is 6.29. The van der Waals surface area contributed by atoms with Gasteiger partial charge in [0.25, 0.3) is 0 Å². The number of nitrogens with one attached hydrogen (secondary N) is 1. The Hall–Kier alpha value is -1.56. The molecule has 1 aliphatic heterocycles. The van der Waals surface area contributed by atoms with Crippen molar-refractivity contribution in [2.75, 3.05) is 20.2 Å². The van der Waals surface area contributed by atoms with Crippen LogP contribution in [-0.4, -0.2) is 43.1 Å². The molecule has 0 aromatic carbocycles. The first-order valence-electron chi connectivity index (χ1n) is 7.53. The van der Waals surface area contributed by atoms with Gasteiger partial charge in [0.15, 0.2) is 0 Å². The quantitative estimate of drug-likeness (QED) is 0.866. The van der Waals surface area contributed by atoms with Crippen LogP contribution in [0.1, 0.15) is 30.0 Å². The van der Waals surface area contributed by atoms with Crippen molar-refractivity contribution < 1.29 is 14.3 Å². The maximum Gasteiger partial charge on any atom is 0.317 e. The smallest absolute Gasteiger partial charge is 0.317 e. The summed E-state index contributed by atoms with van der Waals surface area (Å²) < 4.78 is 4.83. The molecule has 122 valence electrons. The molecule has 1 aliphatic rings. The van der Waals surface area contributed by atoms with Crippen molar-refractivity contribution in [1.29, 1.82) is 0 Å². The molecule has 0 radical (unpaired) electrons. The van der Waals surface area contributed by atoms with Gasteiger partial charge >= 0.3 is 12.0 Å². The Kier molecular flexibility index (Phi) is 5.11. The number of likely N-dealkylation sites (tertiary alicyclic amines) is 1. The lowest BCUT2D eigenvalue weighted by atomic mass is 9.90. The summed E-state index contributed by atoms with van der Waals surface area (Å²) >= 11 is 1.76. The summed E-state index contributed by atoms with van der Waals surface area (Å²) in [4.78, 5) is 28.4. The van der Waals surface area contributed by atoms with Crippen LogP contribution in [0.2, 0.25) is 0 Å². The van der Waals surface area contributed by atoms with Gasteiger partial charge in [0.05, 0.1) is 12.5 Å². The second kappa shape index (κ2) is 6.69. The van der Waals surface area contributed by atoms with E-state index in [0.717, 1.165) is 6.42 Å². The Morgan fingerprint density at radius 1 is 1.50 bits per heavy atom. The molecule has 2 rings (SSSR count). The molecule has 1 aromatic rings. The van der Waals surface area contributed by atoms with Crippen molar-refractivity contribution in [2.24, 2.45) is 5.41 Å². The van der Waals surface area contributed by atoms with Crippen molar-refractivity contribution in [3.63, 3.8) is 0 Å². The monoisotopic (exact) mass is 324 g/mol. The molecule has 6 heteroatoms. The largest absolute Gasteiger partial charge is 0.469 e. The fourth-order valence-corrected chi connectivity index (χ4v) is 3.82.